The highest BCUT2D eigenvalue weighted by Gasteiger charge is 2.07. The lowest BCUT2D eigenvalue weighted by Gasteiger charge is -2.15. The van der Waals surface area contributed by atoms with Crippen LogP contribution in [-0.4, -0.2) is 38.1 Å². The first-order valence-electron chi connectivity index (χ1n) is 8.55. The summed E-state index contributed by atoms with van der Waals surface area (Å²) in [5.41, 5.74) is 1.07. The molecule has 0 fully saturated rings. The van der Waals surface area contributed by atoms with E-state index in [1.807, 2.05) is 38.1 Å². The molecule has 1 unspecified atom stereocenters. The molecule has 142 valence electrons. The maximum absolute atomic E-state index is 11.8. The zero-order valence-electron chi connectivity index (χ0n) is 15.6. The van der Waals surface area contributed by atoms with E-state index in [0.29, 0.717) is 32.1 Å². The number of hydrogen-bond donors (Lipinski definition) is 3. The van der Waals surface area contributed by atoms with Crippen LogP contribution in [0.1, 0.15) is 39.2 Å². The van der Waals surface area contributed by atoms with Crippen LogP contribution in [0, 0.1) is 0 Å². The van der Waals surface area contributed by atoms with Crippen molar-refractivity contribution in [3.8, 4) is 5.75 Å². The van der Waals surface area contributed by atoms with E-state index in [1.165, 1.54) is 0 Å². The highest BCUT2D eigenvalue weighted by molar-refractivity contribution is 14.0. The van der Waals surface area contributed by atoms with E-state index >= 15 is 0 Å². The highest BCUT2D eigenvalue weighted by atomic mass is 127. The third-order valence-corrected chi connectivity index (χ3v) is 3.61. The Morgan fingerprint density at radius 3 is 2.60 bits per heavy atom. The molecule has 1 aromatic carbocycles. The topological polar surface area (TPSA) is 74.8 Å². The zero-order chi connectivity index (χ0) is 17.8. The number of amides is 1. The lowest BCUT2D eigenvalue weighted by molar-refractivity contribution is -0.121. The average Bonchev–Trinajstić information content (AvgIpc) is 2.59. The monoisotopic (exact) mass is 462 g/mol. The summed E-state index contributed by atoms with van der Waals surface area (Å²) >= 11 is 0. The van der Waals surface area contributed by atoms with Gasteiger partial charge in [-0.3, -0.25) is 9.79 Å². The van der Waals surface area contributed by atoms with E-state index in [0.717, 1.165) is 17.7 Å². The van der Waals surface area contributed by atoms with Crippen molar-refractivity contribution in [1.29, 1.82) is 0 Å². The van der Waals surface area contributed by atoms with Crippen molar-refractivity contribution in [2.45, 2.75) is 46.2 Å². The summed E-state index contributed by atoms with van der Waals surface area (Å²) in [7, 11) is 1.71. The van der Waals surface area contributed by atoms with Crippen molar-refractivity contribution in [3.05, 3.63) is 29.8 Å². The second kappa shape index (κ2) is 13.7. The molecule has 7 heteroatoms. The predicted octanol–water partition coefficient (Wildman–Crippen LogP) is 2.67. The summed E-state index contributed by atoms with van der Waals surface area (Å²) < 4.78 is 5.61. The minimum atomic E-state index is 0. The number of guanidine groups is 1. The fourth-order valence-electron chi connectivity index (χ4n) is 2.09. The summed E-state index contributed by atoms with van der Waals surface area (Å²) in [6.07, 6.45) is 1.35. The smallest absolute Gasteiger partial charge is 0.221 e. The van der Waals surface area contributed by atoms with E-state index in [4.69, 9.17) is 4.74 Å². The predicted molar refractivity (Wildman–Crippen MR) is 114 cm³/mol. The van der Waals surface area contributed by atoms with E-state index in [-0.39, 0.29) is 35.9 Å². The quantitative estimate of drug-likeness (QED) is 0.300. The standard InChI is InChI=1S/C18H30N4O2.HI/c1-5-14(3)22-17(23)11-12-20-18(19-4)21-13-15-9-7-8-10-16(15)24-6-2;/h7-10,14H,5-6,11-13H2,1-4H3,(H,22,23)(H2,19,20,21);1H. The molecule has 1 atom stereocenters. The van der Waals surface area contributed by atoms with Gasteiger partial charge in [0.1, 0.15) is 5.75 Å². The Morgan fingerprint density at radius 2 is 1.96 bits per heavy atom. The van der Waals surface area contributed by atoms with Crippen molar-refractivity contribution in [3.63, 3.8) is 0 Å². The van der Waals surface area contributed by atoms with E-state index in [9.17, 15) is 4.79 Å². The summed E-state index contributed by atoms with van der Waals surface area (Å²) in [6.45, 7) is 7.80. The largest absolute Gasteiger partial charge is 0.494 e. The SMILES string of the molecule is CCOc1ccccc1CNC(=NC)NCCC(=O)NC(C)CC.I. The molecule has 0 heterocycles. The van der Waals surface area contributed by atoms with Gasteiger partial charge in [-0.25, -0.2) is 0 Å². The average molecular weight is 462 g/mol. The molecule has 1 amide bonds. The van der Waals surface area contributed by atoms with Gasteiger partial charge < -0.3 is 20.7 Å². The Hall–Kier alpha value is -1.51. The molecule has 0 bridgehead atoms. The molecule has 25 heavy (non-hydrogen) atoms. The minimum absolute atomic E-state index is 0. The number of carbonyl (C=O) groups is 1. The molecule has 0 aliphatic rings. The van der Waals surface area contributed by atoms with Crippen LogP contribution < -0.4 is 20.7 Å². The van der Waals surface area contributed by atoms with Gasteiger partial charge in [-0.05, 0) is 26.3 Å². The Balaban J connectivity index is 0.00000576. The van der Waals surface area contributed by atoms with Crippen molar-refractivity contribution < 1.29 is 9.53 Å². The van der Waals surface area contributed by atoms with Gasteiger partial charge in [-0.2, -0.15) is 0 Å². The second-order valence-electron chi connectivity index (χ2n) is 5.52. The number of ether oxygens (including phenoxy) is 1. The lowest BCUT2D eigenvalue weighted by Crippen LogP contribution is -2.40. The maximum Gasteiger partial charge on any atom is 0.221 e. The third kappa shape index (κ3) is 9.52. The van der Waals surface area contributed by atoms with Gasteiger partial charge in [0, 0.05) is 38.2 Å². The molecule has 1 rings (SSSR count). The molecule has 0 saturated carbocycles. The van der Waals surface area contributed by atoms with Crippen LogP contribution in [0.5, 0.6) is 5.75 Å². The van der Waals surface area contributed by atoms with Crippen molar-refractivity contribution >= 4 is 35.8 Å². The van der Waals surface area contributed by atoms with Crippen LogP contribution in [0.3, 0.4) is 0 Å². The van der Waals surface area contributed by atoms with Crippen LogP contribution in [0.15, 0.2) is 29.3 Å². The number of rotatable bonds is 9. The Kier molecular flexibility index (Phi) is 12.9. The minimum Gasteiger partial charge on any atom is -0.494 e. The van der Waals surface area contributed by atoms with Crippen LogP contribution in [0.2, 0.25) is 0 Å². The Bertz CT molecular complexity index is 538. The Labute approximate surface area is 168 Å². The maximum atomic E-state index is 11.8. The first-order chi connectivity index (χ1) is 11.6. The van der Waals surface area contributed by atoms with Gasteiger partial charge in [-0.1, -0.05) is 25.1 Å². The van der Waals surface area contributed by atoms with Crippen molar-refractivity contribution in [2.75, 3.05) is 20.2 Å². The van der Waals surface area contributed by atoms with Gasteiger partial charge in [0.15, 0.2) is 5.96 Å². The van der Waals surface area contributed by atoms with Gasteiger partial charge >= 0.3 is 0 Å². The molecular formula is C18H31IN4O2. The van der Waals surface area contributed by atoms with Crippen LogP contribution in [0.4, 0.5) is 0 Å². The number of hydrogen-bond acceptors (Lipinski definition) is 3. The van der Waals surface area contributed by atoms with Crippen LogP contribution in [0.25, 0.3) is 0 Å². The van der Waals surface area contributed by atoms with E-state index < -0.39 is 0 Å². The number of aliphatic imine (C=N–C) groups is 1. The van der Waals surface area contributed by atoms with Gasteiger partial charge in [0.25, 0.3) is 0 Å². The number of halogens is 1. The summed E-state index contributed by atoms with van der Waals surface area (Å²) in [5.74, 6) is 1.59. The molecule has 0 aromatic heterocycles. The Morgan fingerprint density at radius 1 is 1.24 bits per heavy atom. The molecule has 1 aromatic rings. The number of para-hydroxylation sites is 1. The summed E-state index contributed by atoms with van der Waals surface area (Å²) in [6, 6.07) is 8.12. The van der Waals surface area contributed by atoms with E-state index in [1.54, 1.807) is 7.05 Å². The van der Waals surface area contributed by atoms with E-state index in [2.05, 4.69) is 27.9 Å². The normalized spacial score (nSPS) is 11.9. The van der Waals surface area contributed by atoms with Crippen molar-refractivity contribution in [2.24, 2.45) is 4.99 Å². The molecule has 0 saturated heterocycles. The number of nitrogens with one attached hydrogen (secondary N) is 3. The van der Waals surface area contributed by atoms with Gasteiger partial charge in [0.2, 0.25) is 5.91 Å². The van der Waals surface area contributed by atoms with Gasteiger partial charge in [-0.15, -0.1) is 24.0 Å². The number of nitrogens with zero attached hydrogens (tertiary/aromatic N) is 1. The number of benzene rings is 1. The fraction of sp³-hybridized carbons (Fsp3) is 0.556. The highest BCUT2D eigenvalue weighted by Crippen LogP contribution is 2.17. The molecular weight excluding hydrogens is 431 g/mol. The molecule has 0 spiro atoms. The zero-order valence-corrected chi connectivity index (χ0v) is 17.9. The first-order valence-corrected chi connectivity index (χ1v) is 8.55. The van der Waals surface area contributed by atoms with Crippen molar-refractivity contribution in [1.82, 2.24) is 16.0 Å². The fourth-order valence-corrected chi connectivity index (χ4v) is 2.09. The summed E-state index contributed by atoms with van der Waals surface area (Å²) in [4.78, 5) is 15.9. The molecule has 6 nitrogen and oxygen atoms in total. The molecule has 0 aliphatic carbocycles. The number of carbonyl (C=O) groups excluding carboxylic acids is 1. The molecule has 3 N–H and O–H groups in total. The molecule has 0 aliphatic heterocycles. The van der Waals surface area contributed by atoms with Crippen LogP contribution in [-0.2, 0) is 11.3 Å². The molecule has 0 radical (unpaired) electrons. The third-order valence-electron chi connectivity index (χ3n) is 3.61. The lowest BCUT2D eigenvalue weighted by atomic mass is 10.2. The van der Waals surface area contributed by atoms with Crippen LogP contribution >= 0.6 is 24.0 Å². The summed E-state index contributed by atoms with van der Waals surface area (Å²) in [5, 5.41) is 9.33. The second-order valence-corrected chi connectivity index (χ2v) is 5.52. The first kappa shape index (κ1) is 23.5. The van der Waals surface area contributed by atoms with Gasteiger partial charge in [0.05, 0.1) is 6.61 Å².